The first-order valence-electron chi connectivity index (χ1n) is 5.63. The first-order valence-corrected chi connectivity index (χ1v) is 5.63. The van der Waals surface area contributed by atoms with Crippen molar-refractivity contribution in [2.75, 3.05) is 0 Å². The summed E-state index contributed by atoms with van der Waals surface area (Å²) in [4.78, 5) is 8.38. The smallest absolute Gasteiger partial charge is 0.125 e. The molecule has 0 bridgehead atoms. The largest absolute Gasteiger partial charge is 0.271 e. The topological polar surface area (TPSA) is 63.8 Å². The minimum atomic E-state index is -0.271. The van der Waals surface area contributed by atoms with Gasteiger partial charge in [0.1, 0.15) is 11.6 Å². The van der Waals surface area contributed by atoms with E-state index in [0.29, 0.717) is 5.82 Å². The fraction of sp³-hybridized carbons (Fsp3) is 0.231. The Balaban J connectivity index is 2.45. The highest BCUT2D eigenvalue weighted by atomic mass is 19.1. The average molecular weight is 246 g/mol. The lowest BCUT2D eigenvalue weighted by Crippen LogP contribution is -2.30. The van der Waals surface area contributed by atoms with Crippen LogP contribution in [-0.4, -0.2) is 9.97 Å². The molecule has 0 radical (unpaired) electrons. The summed E-state index contributed by atoms with van der Waals surface area (Å²) < 4.78 is 13.1. The fourth-order valence-corrected chi connectivity index (χ4v) is 1.93. The maximum Gasteiger partial charge on any atom is 0.125 e. The van der Waals surface area contributed by atoms with E-state index >= 15 is 0 Å². The third-order valence-electron chi connectivity index (χ3n) is 2.80. The number of aryl methyl sites for hydroxylation is 2. The van der Waals surface area contributed by atoms with Gasteiger partial charge in [-0.05, 0) is 43.2 Å². The zero-order chi connectivity index (χ0) is 13.1. The molecule has 0 saturated carbocycles. The number of hydrazine groups is 1. The van der Waals surface area contributed by atoms with Crippen LogP contribution in [0.4, 0.5) is 4.39 Å². The molecule has 0 fully saturated rings. The van der Waals surface area contributed by atoms with Crippen LogP contribution in [0, 0.1) is 19.7 Å². The maximum atomic E-state index is 13.1. The number of halogens is 1. The number of nitrogens with zero attached hydrogens (tertiary/aromatic N) is 2. The molecule has 1 heterocycles. The monoisotopic (exact) mass is 246 g/mol. The second-order valence-electron chi connectivity index (χ2n) is 4.13. The van der Waals surface area contributed by atoms with Crippen LogP contribution in [0.15, 0.2) is 30.5 Å². The van der Waals surface area contributed by atoms with Gasteiger partial charge < -0.3 is 0 Å². The molecule has 1 aromatic heterocycles. The molecule has 3 N–H and O–H groups in total. The summed E-state index contributed by atoms with van der Waals surface area (Å²) in [5, 5.41) is 0. The zero-order valence-electron chi connectivity index (χ0n) is 10.3. The van der Waals surface area contributed by atoms with Crippen LogP contribution in [0.3, 0.4) is 0 Å². The molecule has 2 aromatic rings. The molecule has 1 aromatic carbocycles. The molecule has 0 spiro atoms. The van der Waals surface area contributed by atoms with Gasteiger partial charge in [-0.2, -0.15) is 0 Å². The number of nitrogens with two attached hydrogens (primary N) is 1. The van der Waals surface area contributed by atoms with Gasteiger partial charge in [0.2, 0.25) is 0 Å². The summed E-state index contributed by atoms with van der Waals surface area (Å²) in [5.74, 6) is 6.00. The molecule has 0 aliphatic carbocycles. The van der Waals surface area contributed by atoms with Gasteiger partial charge in [0.25, 0.3) is 0 Å². The van der Waals surface area contributed by atoms with E-state index in [9.17, 15) is 4.39 Å². The fourth-order valence-electron chi connectivity index (χ4n) is 1.93. The van der Waals surface area contributed by atoms with Crippen LogP contribution in [0.5, 0.6) is 0 Å². The van der Waals surface area contributed by atoms with Gasteiger partial charge in [-0.15, -0.1) is 0 Å². The van der Waals surface area contributed by atoms with E-state index in [-0.39, 0.29) is 11.9 Å². The van der Waals surface area contributed by atoms with Gasteiger partial charge in [0.05, 0.1) is 11.7 Å². The quantitative estimate of drug-likeness (QED) is 0.640. The number of rotatable bonds is 3. The Bertz CT molecular complexity index is 556. The van der Waals surface area contributed by atoms with Crippen LogP contribution in [-0.2, 0) is 0 Å². The predicted octanol–water partition coefficient (Wildman–Crippen LogP) is 1.79. The summed E-state index contributed by atoms with van der Waals surface area (Å²) in [7, 11) is 0. The third kappa shape index (κ3) is 2.52. The highest BCUT2D eigenvalue weighted by Gasteiger charge is 2.16. The molecule has 94 valence electrons. The summed E-state index contributed by atoms with van der Waals surface area (Å²) >= 11 is 0. The van der Waals surface area contributed by atoms with Crippen LogP contribution in [0.1, 0.15) is 28.7 Å². The number of nitrogens with one attached hydrogen (secondary N) is 1. The lowest BCUT2D eigenvalue weighted by Gasteiger charge is -2.18. The normalized spacial score (nSPS) is 12.4. The highest BCUT2D eigenvalue weighted by molar-refractivity contribution is 5.34. The van der Waals surface area contributed by atoms with E-state index in [2.05, 4.69) is 15.4 Å². The molecule has 4 nitrogen and oxygen atoms in total. The van der Waals surface area contributed by atoms with E-state index in [4.69, 9.17) is 5.84 Å². The van der Waals surface area contributed by atoms with Crippen molar-refractivity contribution in [3.63, 3.8) is 0 Å². The van der Waals surface area contributed by atoms with Gasteiger partial charge in [-0.1, -0.05) is 6.07 Å². The van der Waals surface area contributed by atoms with E-state index < -0.39 is 0 Å². The van der Waals surface area contributed by atoms with Crippen molar-refractivity contribution in [3.05, 3.63) is 58.9 Å². The Morgan fingerprint density at radius 1 is 1.28 bits per heavy atom. The van der Waals surface area contributed by atoms with Crippen LogP contribution in [0.2, 0.25) is 0 Å². The van der Waals surface area contributed by atoms with Gasteiger partial charge >= 0.3 is 0 Å². The molecule has 0 amide bonds. The summed E-state index contributed by atoms with van der Waals surface area (Å²) in [5.41, 5.74) is 5.20. The molecule has 18 heavy (non-hydrogen) atoms. The molecule has 0 aliphatic rings. The summed E-state index contributed by atoms with van der Waals surface area (Å²) in [6, 6.07) is 6.13. The average Bonchev–Trinajstić information content (AvgIpc) is 2.33. The highest BCUT2D eigenvalue weighted by Crippen LogP contribution is 2.23. The summed E-state index contributed by atoms with van der Waals surface area (Å²) in [6.45, 7) is 3.66. The summed E-state index contributed by atoms with van der Waals surface area (Å²) in [6.07, 6.45) is 1.68. The zero-order valence-corrected chi connectivity index (χ0v) is 10.3. The van der Waals surface area contributed by atoms with E-state index in [1.807, 2.05) is 13.8 Å². The van der Waals surface area contributed by atoms with Crippen molar-refractivity contribution in [3.8, 4) is 0 Å². The second-order valence-corrected chi connectivity index (χ2v) is 4.13. The van der Waals surface area contributed by atoms with Gasteiger partial charge in [-0.3, -0.25) is 5.84 Å². The minimum absolute atomic E-state index is 0.258. The number of benzene rings is 1. The SMILES string of the molecule is Cc1nccc(C(NN)c2ccc(F)cc2C)n1. The third-order valence-corrected chi connectivity index (χ3v) is 2.80. The predicted molar refractivity (Wildman–Crippen MR) is 67.1 cm³/mol. The molecule has 0 saturated heterocycles. The molecular weight excluding hydrogens is 231 g/mol. The van der Waals surface area contributed by atoms with Gasteiger partial charge in [0.15, 0.2) is 0 Å². The Morgan fingerprint density at radius 3 is 2.67 bits per heavy atom. The van der Waals surface area contributed by atoms with Crippen LogP contribution >= 0.6 is 0 Å². The van der Waals surface area contributed by atoms with Crippen molar-refractivity contribution in [1.29, 1.82) is 0 Å². The first kappa shape index (κ1) is 12.6. The van der Waals surface area contributed by atoms with Crippen LogP contribution < -0.4 is 11.3 Å². The lowest BCUT2D eigenvalue weighted by molar-refractivity contribution is 0.601. The molecule has 1 unspecified atom stereocenters. The van der Waals surface area contributed by atoms with E-state index in [1.54, 1.807) is 18.3 Å². The van der Waals surface area contributed by atoms with Gasteiger partial charge in [0, 0.05) is 6.20 Å². The first-order chi connectivity index (χ1) is 8.61. The van der Waals surface area contributed by atoms with Crippen molar-refractivity contribution < 1.29 is 4.39 Å². The minimum Gasteiger partial charge on any atom is -0.271 e. The second kappa shape index (κ2) is 5.20. The van der Waals surface area contributed by atoms with Crippen molar-refractivity contribution in [2.45, 2.75) is 19.9 Å². The Kier molecular flexibility index (Phi) is 3.64. The number of hydrogen-bond donors (Lipinski definition) is 2. The van der Waals surface area contributed by atoms with Crippen molar-refractivity contribution in [2.24, 2.45) is 5.84 Å². The molecule has 2 rings (SSSR count). The molecule has 0 aliphatic heterocycles. The molecular formula is C13H15FN4. The van der Waals surface area contributed by atoms with Gasteiger partial charge in [-0.25, -0.2) is 19.8 Å². The Morgan fingerprint density at radius 2 is 2.06 bits per heavy atom. The number of hydrogen-bond acceptors (Lipinski definition) is 4. The molecule has 5 heteroatoms. The Labute approximate surface area is 105 Å². The number of aromatic nitrogens is 2. The van der Waals surface area contributed by atoms with E-state index in [0.717, 1.165) is 16.8 Å². The maximum absolute atomic E-state index is 13.1. The van der Waals surface area contributed by atoms with Crippen LogP contribution in [0.25, 0.3) is 0 Å². The standard InChI is InChI=1S/C13H15FN4/c1-8-7-10(14)3-4-11(8)13(18-15)12-5-6-16-9(2)17-12/h3-7,13,18H,15H2,1-2H3. The van der Waals surface area contributed by atoms with E-state index in [1.165, 1.54) is 12.1 Å². The lowest BCUT2D eigenvalue weighted by atomic mass is 9.99. The molecule has 1 atom stereocenters. The van der Waals surface area contributed by atoms with Crippen molar-refractivity contribution >= 4 is 0 Å². The Hall–Kier alpha value is -1.85. The van der Waals surface area contributed by atoms with Crippen molar-refractivity contribution in [1.82, 2.24) is 15.4 Å².